The van der Waals surface area contributed by atoms with Crippen molar-refractivity contribution in [1.29, 1.82) is 0 Å². The van der Waals surface area contributed by atoms with Gasteiger partial charge in [0.1, 0.15) is 10.6 Å². The summed E-state index contributed by atoms with van der Waals surface area (Å²) < 4.78 is 4.88. The van der Waals surface area contributed by atoms with Crippen molar-refractivity contribution in [3.05, 3.63) is 52.1 Å². The van der Waals surface area contributed by atoms with Crippen molar-refractivity contribution >= 4 is 45.0 Å². The van der Waals surface area contributed by atoms with Crippen LogP contribution in [0.2, 0.25) is 0 Å². The Balaban J connectivity index is 1.90. The minimum Gasteiger partial charge on any atom is -0.462 e. The number of nitrogens with one attached hydrogen (secondary N) is 1. The van der Waals surface area contributed by atoms with E-state index < -0.39 is 10.9 Å². The van der Waals surface area contributed by atoms with Crippen LogP contribution in [0.15, 0.2) is 41.3 Å². The summed E-state index contributed by atoms with van der Waals surface area (Å²) in [6, 6.07) is 11.0. The molecule has 1 N–H and O–H groups in total. The van der Waals surface area contributed by atoms with Gasteiger partial charge in [0, 0.05) is 17.4 Å². The minimum atomic E-state index is -0.688. The Morgan fingerprint density at radius 2 is 2.04 bits per heavy atom. The number of hydrogen-bond donors (Lipinski definition) is 1. The average Bonchev–Trinajstić information content (AvgIpc) is 3.04. The number of carbonyl (C=O) groups is 2. The number of rotatable bonds is 9. The fourth-order valence-electron chi connectivity index (χ4n) is 2.05. The molecule has 0 atom stereocenters. The molecule has 0 saturated heterocycles. The van der Waals surface area contributed by atoms with E-state index in [0.29, 0.717) is 6.42 Å². The number of thiophene rings is 1. The third kappa shape index (κ3) is 5.85. The van der Waals surface area contributed by atoms with Gasteiger partial charge in [0.15, 0.2) is 0 Å². The van der Waals surface area contributed by atoms with Crippen LogP contribution in [0.5, 0.6) is 0 Å². The maximum Gasteiger partial charge on any atom is 0.341 e. The van der Waals surface area contributed by atoms with Crippen molar-refractivity contribution in [3.8, 4) is 0 Å². The lowest BCUT2D eigenvalue weighted by Gasteiger charge is -2.06. The van der Waals surface area contributed by atoms with Crippen LogP contribution >= 0.6 is 23.1 Å². The normalized spacial score (nSPS) is 10.3. The molecular formula is C17H18N2O5S2. The van der Waals surface area contributed by atoms with E-state index in [1.807, 2.05) is 30.3 Å². The zero-order valence-electron chi connectivity index (χ0n) is 14.1. The second-order valence-electron chi connectivity index (χ2n) is 5.12. The molecule has 138 valence electrons. The van der Waals surface area contributed by atoms with Gasteiger partial charge in [-0.25, -0.2) is 4.79 Å². The van der Waals surface area contributed by atoms with Gasteiger partial charge >= 0.3 is 11.0 Å². The molecule has 26 heavy (non-hydrogen) atoms. The van der Waals surface area contributed by atoms with Crippen molar-refractivity contribution in [2.45, 2.75) is 24.7 Å². The second kappa shape index (κ2) is 9.93. The molecule has 0 saturated carbocycles. The highest BCUT2D eigenvalue weighted by molar-refractivity contribution is 7.99. The molecule has 1 aromatic heterocycles. The topological polar surface area (TPSA) is 98.5 Å². The molecule has 9 heteroatoms. The summed E-state index contributed by atoms with van der Waals surface area (Å²) in [6.07, 6.45) is 0.904. The van der Waals surface area contributed by atoms with Crippen LogP contribution in [-0.2, 0) is 9.53 Å². The van der Waals surface area contributed by atoms with Gasteiger partial charge in [-0.1, -0.05) is 18.2 Å². The number of nitrogens with zero attached hydrogens (tertiary/aromatic N) is 1. The van der Waals surface area contributed by atoms with E-state index in [-0.39, 0.29) is 34.5 Å². The molecule has 0 spiro atoms. The van der Waals surface area contributed by atoms with Gasteiger partial charge in [-0.3, -0.25) is 14.9 Å². The molecule has 7 nitrogen and oxygen atoms in total. The van der Waals surface area contributed by atoms with Crippen molar-refractivity contribution in [2.24, 2.45) is 0 Å². The van der Waals surface area contributed by atoms with E-state index in [1.54, 1.807) is 18.7 Å². The maximum atomic E-state index is 12.1. The molecule has 0 aliphatic rings. The Kier molecular flexibility index (Phi) is 7.61. The summed E-state index contributed by atoms with van der Waals surface area (Å²) in [5, 5.41) is 13.4. The van der Waals surface area contributed by atoms with Gasteiger partial charge in [-0.05, 0) is 42.6 Å². The summed E-state index contributed by atoms with van der Waals surface area (Å²) in [7, 11) is 0. The summed E-state index contributed by atoms with van der Waals surface area (Å²) >= 11 is 2.40. The van der Waals surface area contributed by atoms with Gasteiger partial charge in [-0.2, -0.15) is 0 Å². The lowest BCUT2D eigenvalue weighted by Crippen LogP contribution is -2.14. The van der Waals surface area contributed by atoms with Crippen molar-refractivity contribution in [3.63, 3.8) is 0 Å². The molecular weight excluding hydrogens is 376 g/mol. The van der Waals surface area contributed by atoms with Gasteiger partial charge in [0.25, 0.3) is 0 Å². The standard InChI is InChI=1S/C17H18N2O5S2/c1-2-24-17(21)13-11-15(19(22)23)26-16(13)18-14(20)9-6-10-25-12-7-4-3-5-8-12/h3-5,7-8,11H,2,6,9-10H2,1H3,(H,18,20). The molecule has 0 aliphatic carbocycles. The highest BCUT2D eigenvalue weighted by Crippen LogP contribution is 2.34. The molecule has 0 bridgehead atoms. The Bertz CT molecular complexity index is 777. The number of thioether (sulfide) groups is 1. The first-order valence-corrected chi connectivity index (χ1v) is 9.74. The Hall–Kier alpha value is -2.39. The third-order valence-corrected chi connectivity index (χ3v) is 5.31. The number of anilines is 1. The minimum absolute atomic E-state index is 0.00978. The molecule has 2 aromatic rings. The van der Waals surface area contributed by atoms with Crippen LogP contribution in [0, 0.1) is 10.1 Å². The molecule has 1 heterocycles. The van der Waals surface area contributed by atoms with E-state index >= 15 is 0 Å². The highest BCUT2D eigenvalue weighted by atomic mass is 32.2. The molecule has 1 aromatic carbocycles. The second-order valence-corrected chi connectivity index (χ2v) is 7.32. The van der Waals surface area contributed by atoms with Crippen LogP contribution < -0.4 is 5.32 Å². The van der Waals surface area contributed by atoms with E-state index in [0.717, 1.165) is 28.1 Å². The summed E-state index contributed by atoms with van der Waals surface area (Å²) in [6.45, 7) is 1.79. The third-order valence-electron chi connectivity index (χ3n) is 3.21. The first-order valence-electron chi connectivity index (χ1n) is 7.94. The van der Waals surface area contributed by atoms with Gasteiger partial charge in [-0.15, -0.1) is 11.8 Å². The molecule has 0 aliphatic heterocycles. The van der Waals surface area contributed by atoms with Crippen molar-refractivity contribution in [1.82, 2.24) is 0 Å². The van der Waals surface area contributed by atoms with E-state index in [1.165, 1.54) is 0 Å². The number of nitro groups is 1. The number of carbonyl (C=O) groups excluding carboxylic acids is 2. The SMILES string of the molecule is CCOC(=O)c1cc([N+](=O)[O-])sc1NC(=O)CCCSc1ccccc1. The van der Waals surface area contributed by atoms with Crippen LogP contribution in [0.3, 0.4) is 0 Å². The van der Waals surface area contributed by atoms with Gasteiger partial charge in [0.05, 0.1) is 11.5 Å². The number of esters is 1. The number of benzene rings is 1. The Labute approximate surface area is 158 Å². The van der Waals surface area contributed by atoms with E-state index in [4.69, 9.17) is 4.74 Å². The van der Waals surface area contributed by atoms with Crippen LogP contribution in [-0.4, -0.2) is 29.2 Å². The molecule has 0 radical (unpaired) electrons. The van der Waals surface area contributed by atoms with Crippen molar-refractivity contribution in [2.75, 3.05) is 17.7 Å². The van der Waals surface area contributed by atoms with E-state index in [2.05, 4.69) is 5.32 Å². The number of hydrogen-bond acceptors (Lipinski definition) is 7. The predicted molar refractivity (Wildman–Crippen MR) is 102 cm³/mol. The zero-order chi connectivity index (χ0) is 18.9. The quantitative estimate of drug-likeness (QED) is 0.223. The first kappa shape index (κ1) is 19.9. The number of ether oxygens (including phenoxy) is 1. The van der Waals surface area contributed by atoms with Gasteiger partial charge < -0.3 is 10.1 Å². The maximum absolute atomic E-state index is 12.1. The van der Waals surface area contributed by atoms with Crippen LogP contribution in [0.1, 0.15) is 30.1 Å². The fourth-order valence-corrected chi connectivity index (χ4v) is 3.80. The molecule has 0 unspecified atom stereocenters. The average molecular weight is 394 g/mol. The zero-order valence-corrected chi connectivity index (χ0v) is 15.7. The largest absolute Gasteiger partial charge is 0.462 e. The predicted octanol–water partition coefficient (Wildman–Crippen LogP) is 4.34. The lowest BCUT2D eigenvalue weighted by atomic mass is 10.3. The fraction of sp³-hybridized carbons (Fsp3) is 0.294. The number of amides is 1. The monoisotopic (exact) mass is 394 g/mol. The first-order chi connectivity index (χ1) is 12.5. The van der Waals surface area contributed by atoms with Crippen LogP contribution in [0.4, 0.5) is 10.0 Å². The van der Waals surface area contributed by atoms with Crippen molar-refractivity contribution < 1.29 is 19.2 Å². The summed E-state index contributed by atoms with van der Waals surface area (Å²) in [5.74, 6) is -0.208. The smallest absolute Gasteiger partial charge is 0.341 e. The Morgan fingerprint density at radius 1 is 1.31 bits per heavy atom. The summed E-state index contributed by atoms with van der Waals surface area (Å²) in [4.78, 5) is 35.5. The highest BCUT2D eigenvalue weighted by Gasteiger charge is 2.23. The summed E-state index contributed by atoms with van der Waals surface area (Å²) in [5.41, 5.74) is 0.00978. The van der Waals surface area contributed by atoms with Crippen LogP contribution in [0.25, 0.3) is 0 Å². The lowest BCUT2D eigenvalue weighted by molar-refractivity contribution is -0.380. The molecule has 2 rings (SSSR count). The van der Waals surface area contributed by atoms with Gasteiger partial charge in [0.2, 0.25) is 5.91 Å². The van der Waals surface area contributed by atoms with E-state index in [9.17, 15) is 19.7 Å². The molecule has 1 amide bonds. The molecule has 0 fully saturated rings. The Morgan fingerprint density at radius 3 is 2.69 bits per heavy atom.